The average molecular weight is 281 g/mol. The molecule has 1 heterocycles. The molecule has 4 nitrogen and oxygen atoms in total. The lowest BCUT2D eigenvalue weighted by Crippen LogP contribution is -1.97. The zero-order chi connectivity index (χ0) is 12.8. The molecule has 0 fully saturated rings. The molecule has 0 amide bonds. The minimum atomic E-state index is 0.0888. The Morgan fingerprint density at radius 2 is 2.11 bits per heavy atom. The third kappa shape index (κ3) is 3.44. The van der Waals surface area contributed by atoms with Gasteiger partial charge in [-0.3, -0.25) is 0 Å². The first-order valence-electron chi connectivity index (χ1n) is 5.71. The highest BCUT2D eigenvalue weighted by molar-refractivity contribution is 7.98. The van der Waals surface area contributed by atoms with E-state index in [2.05, 4.69) is 21.8 Å². The molecule has 0 aliphatic heterocycles. The number of nitrogens with zero attached hydrogens (tertiary/aromatic N) is 2. The van der Waals surface area contributed by atoms with E-state index < -0.39 is 0 Å². The molecule has 0 bridgehead atoms. The van der Waals surface area contributed by atoms with Crippen LogP contribution in [0.15, 0.2) is 29.2 Å². The van der Waals surface area contributed by atoms with E-state index in [1.807, 2.05) is 24.3 Å². The maximum atomic E-state index is 8.97. The number of thioether (sulfide) groups is 1. The van der Waals surface area contributed by atoms with Crippen LogP contribution in [-0.4, -0.2) is 21.2 Å². The molecule has 0 aliphatic carbocycles. The second-order valence-corrected chi connectivity index (χ2v) is 5.47. The Morgan fingerprint density at radius 1 is 1.33 bits per heavy atom. The van der Waals surface area contributed by atoms with Gasteiger partial charge in [0.05, 0.1) is 6.61 Å². The van der Waals surface area contributed by atoms with Crippen LogP contribution in [0.4, 0.5) is 5.00 Å². The van der Waals surface area contributed by atoms with E-state index in [0.29, 0.717) is 0 Å². The predicted octanol–water partition coefficient (Wildman–Crippen LogP) is 2.75. The van der Waals surface area contributed by atoms with Crippen molar-refractivity contribution in [2.24, 2.45) is 0 Å². The van der Waals surface area contributed by atoms with Gasteiger partial charge in [-0.15, -0.1) is 16.9 Å². The molecule has 0 radical (unpaired) electrons. The van der Waals surface area contributed by atoms with Gasteiger partial charge >= 0.3 is 0 Å². The normalized spacial score (nSPS) is 10.6. The zero-order valence-electron chi connectivity index (χ0n) is 10.1. The van der Waals surface area contributed by atoms with Gasteiger partial charge in [-0.1, -0.05) is 16.6 Å². The summed E-state index contributed by atoms with van der Waals surface area (Å²) >= 11 is 3.12. The Balaban J connectivity index is 1.95. The summed E-state index contributed by atoms with van der Waals surface area (Å²) in [7, 11) is 0. The molecule has 2 aromatic rings. The van der Waals surface area contributed by atoms with E-state index in [1.165, 1.54) is 16.4 Å². The van der Waals surface area contributed by atoms with Crippen LogP contribution in [0, 0.1) is 0 Å². The van der Waals surface area contributed by atoms with Gasteiger partial charge in [0, 0.05) is 28.7 Å². The highest BCUT2D eigenvalue weighted by atomic mass is 32.2. The lowest BCUT2D eigenvalue weighted by Gasteiger charge is -2.03. The third-order valence-corrected chi connectivity index (χ3v) is 4.12. The molecule has 1 aromatic heterocycles. The van der Waals surface area contributed by atoms with Crippen molar-refractivity contribution in [2.75, 3.05) is 11.9 Å². The SMILES string of the molecule is CCNc1snnc1CSc1ccc(CO)cc1. The topological polar surface area (TPSA) is 58.0 Å². The zero-order valence-corrected chi connectivity index (χ0v) is 11.7. The highest BCUT2D eigenvalue weighted by Gasteiger charge is 2.07. The molecule has 18 heavy (non-hydrogen) atoms. The number of aromatic nitrogens is 2. The number of rotatable bonds is 6. The molecule has 0 saturated carbocycles. The Hall–Kier alpha value is -1.11. The van der Waals surface area contributed by atoms with Gasteiger partial charge < -0.3 is 10.4 Å². The summed E-state index contributed by atoms with van der Waals surface area (Å²) in [5, 5.41) is 17.4. The molecule has 0 unspecified atom stereocenters. The van der Waals surface area contributed by atoms with Gasteiger partial charge in [0.2, 0.25) is 0 Å². The smallest absolute Gasteiger partial charge is 0.134 e. The minimum absolute atomic E-state index is 0.0888. The monoisotopic (exact) mass is 281 g/mol. The van der Waals surface area contributed by atoms with Crippen LogP contribution >= 0.6 is 23.3 Å². The molecule has 0 spiro atoms. The van der Waals surface area contributed by atoms with Crippen molar-refractivity contribution < 1.29 is 5.11 Å². The average Bonchev–Trinajstić information content (AvgIpc) is 2.85. The van der Waals surface area contributed by atoms with Gasteiger partial charge in [-0.2, -0.15) is 0 Å². The predicted molar refractivity (Wildman–Crippen MR) is 76.0 cm³/mol. The Morgan fingerprint density at radius 3 is 2.78 bits per heavy atom. The molecular weight excluding hydrogens is 266 g/mol. The van der Waals surface area contributed by atoms with Gasteiger partial charge in [0.1, 0.15) is 10.7 Å². The van der Waals surface area contributed by atoms with Crippen LogP contribution in [0.1, 0.15) is 18.2 Å². The molecular formula is C12H15N3OS2. The quantitative estimate of drug-likeness (QED) is 0.797. The summed E-state index contributed by atoms with van der Waals surface area (Å²) in [6, 6.07) is 7.91. The summed E-state index contributed by atoms with van der Waals surface area (Å²) in [4.78, 5) is 1.17. The number of anilines is 1. The summed E-state index contributed by atoms with van der Waals surface area (Å²) < 4.78 is 3.96. The fraction of sp³-hybridized carbons (Fsp3) is 0.333. The highest BCUT2D eigenvalue weighted by Crippen LogP contribution is 2.27. The number of hydrogen-bond acceptors (Lipinski definition) is 6. The molecule has 1 aromatic carbocycles. The molecule has 0 saturated heterocycles. The Bertz CT molecular complexity index is 484. The lowest BCUT2D eigenvalue weighted by atomic mass is 10.2. The lowest BCUT2D eigenvalue weighted by molar-refractivity contribution is 0.282. The number of nitrogens with one attached hydrogen (secondary N) is 1. The van der Waals surface area contributed by atoms with Crippen molar-refractivity contribution in [1.82, 2.24) is 9.59 Å². The number of aliphatic hydroxyl groups excluding tert-OH is 1. The standard InChI is InChI=1S/C12H15N3OS2/c1-2-13-12-11(14-15-18-12)8-17-10-5-3-9(7-16)4-6-10/h3-6,13,16H,2,7-8H2,1H3. The van der Waals surface area contributed by atoms with Crippen molar-refractivity contribution >= 4 is 28.3 Å². The minimum Gasteiger partial charge on any atom is -0.392 e. The van der Waals surface area contributed by atoms with Crippen LogP contribution in [0.25, 0.3) is 0 Å². The first-order chi connectivity index (χ1) is 8.83. The van der Waals surface area contributed by atoms with Gasteiger partial charge in [-0.25, -0.2) is 0 Å². The Labute approximate surface area is 115 Å². The van der Waals surface area contributed by atoms with Crippen LogP contribution in [-0.2, 0) is 12.4 Å². The summed E-state index contributed by atoms with van der Waals surface area (Å²) in [6.07, 6.45) is 0. The van der Waals surface area contributed by atoms with Crippen molar-refractivity contribution in [1.29, 1.82) is 0 Å². The third-order valence-electron chi connectivity index (χ3n) is 2.37. The summed E-state index contributed by atoms with van der Waals surface area (Å²) in [5.41, 5.74) is 1.93. The van der Waals surface area contributed by atoms with E-state index in [-0.39, 0.29) is 6.61 Å². The number of aliphatic hydroxyl groups is 1. The van der Waals surface area contributed by atoms with Crippen molar-refractivity contribution in [3.8, 4) is 0 Å². The van der Waals surface area contributed by atoms with Crippen molar-refractivity contribution in [3.05, 3.63) is 35.5 Å². The van der Waals surface area contributed by atoms with E-state index in [4.69, 9.17) is 5.11 Å². The van der Waals surface area contributed by atoms with Crippen LogP contribution in [0.5, 0.6) is 0 Å². The van der Waals surface area contributed by atoms with Crippen molar-refractivity contribution in [2.45, 2.75) is 24.2 Å². The van der Waals surface area contributed by atoms with E-state index in [0.717, 1.165) is 28.6 Å². The van der Waals surface area contributed by atoms with E-state index >= 15 is 0 Å². The second-order valence-electron chi connectivity index (χ2n) is 3.67. The van der Waals surface area contributed by atoms with E-state index in [1.54, 1.807) is 11.8 Å². The first kappa shape index (κ1) is 13.3. The molecule has 6 heteroatoms. The van der Waals surface area contributed by atoms with Crippen molar-refractivity contribution in [3.63, 3.8) is 0 Å². The van der Waals surface area contributed by atoms with Crippen LogP contribution in [0.2, 0.25) is 0 Å². The summed E-state index contributed by atoms with van der Waals surface area (Å²) in [6.45, 7) is 3.03. The second kappa shape index (κ2) is 6.72. The number of hydrogen-bond donors (Lipinski definition) is 2. The maximum Gasteiger partial charge on any atom is 0.134 e. The van der Waals surface area contributed by atoms with Gasteiger partial charge in [-0.05, 0) is 24.6 Å². The number of benzene rings is 1. The van der Waals surface area contributed by atoms with Gasteiger partial charge in [0.15, 0.2) is 0 Å². The van der Waals surface area contributed by atoms with Crippen LogP contribution < -0.4 is 5.32 Å². The van der Waals surface area contributed by atoms with Crippen LogP contribution in [0.3, 0.4) is 0 Å². The Kier molecular flexibility index (Phi) is 4.98. The molecule has 96 valence electrons. The molecule has 2 rings (SSSR count). The van der Waals surface area contributed by atoms with E-state index in [9.17, 15) is 0 Å². The maximum absolute atomic E-state index is 8.97. The molecule has 0 atom stereocenters. The fourth-order valence-electron chi connectivity index (χ4n) is 1.44. The fourth-order valence-corrected chi connectivity index (χ4v) is 3.01. The molecule has 2 N–H and O–H groups in total. The summed E-state index contributed by atoms with van der Waals surface area (Å²) in [5.74, 6) is 0.803. The first-order valence-corrected chi connectivity index (χ1v) is 7.47. The molecule has 0 aliphatic rings. The van der Waals surface area contributed by atoms with Gasteiger partial charge in [0.25, 0.3) is 0 Å². The largest absolute Gasteiger partial charge is 0.392 e.